The fourth-order valence-corrected chi connectivity index (χ4v) is 2.12. The Kier molecular flexibility index (Phi) is 4.72. The first kappa shape index (κ1) is 14.8. The minimum absolute atomic E-state index is 0.713. The first-order valence-electron chi connectivity index (χ1n) is 6.81. The van der Waals surface area contributed by atoms with Crippen LogP contribution in [-0.2, 0) is 4.79 Å². The summed E-state index contributed by atoms with van der Waals surface area (Å²) in [5.74, 6) is -0.924. The van der Waals surface area contributed by atoms with Gasteiger partial charge < -0.3 is 5.11 Å². The molecule has 0 unspecified atom stereocenters. The third-order valence-corrected chi connectivity index (χ3v) is 3.26. The van der Waals surface area contributed by atoms with Crippen molar-refractivity contribution >= 4 is 22.3 Å². The molecular weight excluding hydrogens is 260 g/mol. The Morgan fingerprint density at radius 1 is 1.05 bits per heavy atom. The smallest absolute Gasteiger partial charge is 0.328 e. The van der Waals surface area contributed by atoms with E-state index in [1.807, 2.05) is 31.2 Å². The van der Waals surface area contributed by atoms with E-state index in [1.165, 1.54) is 22.4 Å². The van der Waals surface area contributed by atoms with Crippen molar-refractivity contribution in [3.8, 4) is 0 Å². The molecular formula is C19H18O2. The second-order valence-electron chi connectivity index (χ2n) is 5.00. The molecule has 21 heavy (non-hydrogen) atoms. The average Bonchev–Trinajstić information content (AvgIpc) is 2.45. The maximum Gasteiger partial charge on any atom is 0.328 e. The highest BCUT2D eigenvalue weighted by atomic mass is 16.4. The van der Waals surface area contributed by atoms with Crippen LogP contribution in [-0.4, -0.2) is 11.1 Å². The van der Waals surface area contributed by atoms with Gasteiger partial charge in [-0.05, 0) is 47.4 Å². The minimum atomic E-state index is -0.924. The molecule has 0 radical (unpaired) electrons. The molecule has 0 aliphatic heterocycles. The van der Waals surface area contributed by atoms with Crippen LogP contribution in [0.15, 0.2) is 72.3 Å². The van der Waals surface area contributed by atoms with Crippen LogP contribution in [0.4, 0.5) is 0 Å². The number of rotatable bonds is 4. The molecule has 0 fully saturated rings. The highest BCUT2D eigenvalue weighted by molar-refractivity contribution is 5.86. The third-order valence-electron chi connectivity index (χ3n) is 3.26. The van der Waals surface area contributed by atoms with Gasteiger partial charge in [-0.25, -0.2) is 4.79 Å². The molecule has 2 aromatic rings. The van der Waals surface area contributed by atoms with Crippen LogP contribution in [0, 0.1) is 0 Å². The van der Waals surface area contributed by atoms with Crippen LogP contribution >= 0.6 is 0 Å². The summed E-state index contributed by atoms with van der Waals surface area (Å²) in [5, 5.41) is 11.1. The molecule has 0 heterocycles. The molecule has 0 spiro atoms. The van der Waals surface area contributed by atoms with Gasteiger partial charge in [0.05, 0.1) is 0 Å². The first-order chi connectivity index (χ1) is 10.1. The first-order valence-corrected chi connectivity index (χ1v) is 6.81. The maximum absolute atomic E-state index is 10.5. The lowest BCUT2D eigenvalue weighted by Crippen LogP contribution is -1.87. The van der Waals surface area contributed by atoms with Gasteiger partial charge in [0.2, 0.25) is 0 Å². The van der Waals surface area contributed by atoms with Crippen molar-refractivity contribution in [2.24, 2.45) is 0 Å². The monoisotopic (exact) mass is 278 g/mol. The summed E-state index contributed by atoms with van der Waals surface area (Å²) >= 11 is 0. The van der Waals surface area contributed by atoms with Crippen molar-refractivity contribution in [1.29, 1.82) is 0 Å². The largest absolute Gasteiger partial charge is 0.478 e. The lowest BCUT2D eigenvalue weighted by atomic mass is 10.0. The molecule has 2 nitrogen and oxygen atoms in total. The normalized spacial score (nSPS) is 13.0. The van der Waals surface area contributed by atoms with E-state index >= 15 is 0 Å². The van der Waals surface area contributed by atoms with Gasteiger partial charge in [0, 0.05) is 6.08 Å². The maximum atomic E-state index is 10.5. The lowest BCUT2D eigenvalue weighted by Gasteiger charge is -2.03. The number of hydrogen-bond donors (Lipinski definition) is 1. The number of carbonyl (C=O) groups is 1. The number of fused-ring (bicyclic) bond motifs is 1. The van der Waals surface area contributed by atoms with Crippen LogP contribution < -0.4 is 0 Å². The molecule has 0 aliphatic carbocycles. The molecule has 0 amide bonds. The predicted octanol–water partition coefficient (Wildman–Crippen LogP) is 4.83. The molecule has 106 valence electrons. The van der Waals surface area contributed by atoms with Crippen LogP contribution in [0.5, 0.6) is 0 Å². The number of carboxylic acids is 1. The number of carboxylic acid groups (broad SMARTS) is 1. The van der Waals surface area contributed by atoms with E-state index in [-0.39, 0.29) is 0 Å². The molecule has 0 bridgehead atoms. The Bertz CT molecular complexity index is 749. The quantitative estimate of drug-likeness (QED) is 0.642. The van der Waals surface area contributed by atoms with Gasteiger partial charge in [-0.1, -0.05) is 54.6 Å². The van der Waals surface area contributed by atoms with E-state index in [2.05, 4.69) is 30.3 Å². The van der Waals surface area contributed by atoms with Crippen molar-refractivity contribution in [2.75, 3.05) is 0 Å². The Balaban J connectivity index is 2.21. The zero-order valence-corrected chi connectivity index (χ0v) is 12.2. The summed E-state index contributed by atoms with van der Waals surface area (Å²) < 4.78 is 0. The summed E-state index contributed by atoms with van der Waals surface area (Å²) in [6.07, 6.45) is 6.84. The van der Waals surface area contributed by atoms with Crippen molar-refractivity contribution in [1.82, 2.24) is 0 Å². The van der Waals surface area contributed by atoms with Gasteiger partial charge in [-0.15, -0.1) is 0 Å². The highest BCUT2D eigenvalue weighted by Crippen LogP contribution is 2.21. The van der Waals surface area contributed by atoms with E-state index in [4.69, 9.17) is 5.11 Å². The molecule has 0 atom stereocenters. The zero-order valence-electron chi connectivity index (χ0n) is 12.2. The molecule has 2 rings (SSSR count). The van der Waals surface area contributed by atoms with Crippen LogP contribution in [0.2, 0.25) is 0 Å². The molecule has 0 aliphatic rings. The second-order valence-corrected chi connectivity index (χ2v) is 5.00. The van der Waals surface area contributed by atoms with Crippen LogP contribution in [0.3, 0.4) is 0 Å². The molecule has 0 aromatic heterocycles. The molecule has 2 heteroatoms. The van der Waals surface area contributed by atoms with Crippen molar-refractivity contribution in [3.63, 3.8) is 0 Å². The van der Waals surface area contributed by atoms with Gasteiger partial charge in [0.25, 0.3) is 0 Å². The highest BCUT2D eigenvalue weighted by Gasteiger charge is 1.97. The summed E-state index contributed by atoms with van der Waals surface area (Å²) in [5.41, 5.74) is 3.02. The van der Waals surface area contributed by atoms with E-state index < -0.39 is 5.97 Å². The van der Waals surface area contributed by atoms with Gasteiger partial charge in [-0.3, -0.25) is 0 Å². The SMILES string of the molecule is CC(/C=C/C=C(\C)c1ccc2ccccc2c1)=C\C(=O)O. The van der Waals surface area contributed by atoms with Gasteiger partial charge in [0.1, 0.15) is 0 Å². The summed E-state index contributed by atoms with van der Waals surface area (Å²) in [4.78, 5) is 10.5. The summed E-state index contributed by atoms with van der Waals surface area (Å²) in [7, 11) is 0. The summed E-state index contributed by atoms with van der Waals surface area (Å²) in [6, 6.07) is 14.6. The van der Waals surface area contributed by atoms with Gasteiger partial charge in [-0.2, -0.15) is 0 Å². The standard InChI is InChI=1S/C19H18O2/c1-14(12-19(20)21)6-5-7-15(2)17-11-10-16-8-3-4-9-18(16)13-17/h3-13H,1-2H3,(H,20,21)/b6-5+,14-12+,15-7+. The fourth-order valence-electron chi connectivity index (χ4n) is 2.12. The Labute approximate surface area is 124 Å². The molecule has 1 N–H and O–H groups in total. The Hall–Kier alpha value is -2.61. The lowest BCUT2D eigenvalue weighted by molar-refractivity contribution is -0.131. The van der Waals surface area contributed by atoms with E-state index in [9.17, 15) is 4.79 Å². The van der Waals surface area contributed by atoms with E-state index in [0.29, 0.717) is 5.57 Å². The Morgan fingerprint density at radius 3 is 2.48 bits per heavy atom. The van der Waals surface area contributed by atoms with E-state index in [1.54, 1.807) is 13.0 Å². The fraction of sp³-hybridized carbons (Fsp3) is 0.105. The third kappa shape index (κ3) is 4.18. The zero-order chi connectivity index (χ0) is 15.2. The van der Waals surface area contributed by atoms with Crippen LogP contribution in [0.25, 0.3) is 16.3 Å². The topological polar surface area (TPSA) is 37.3 Å². The van der Waals surface area contributed by atoms with Crippen molar-refractivity contribution in [3.05, 3.63) is 77.9 Å². The average molecular weight is 278 g/mol. The Morgan fingerprint density at radius 2 is 1.76 bits per heavy atom. The number of hydrogen-bond acceptors (Lipinski definition) is 1. The van der Waals surface area contributed by atoms with Crippen LogP contribution in [0.1, 0.15) is 19.4 Å². The van der Waals surface area contributed by atoms with Gasteiger partial charge in [0.15, 0.2) is 0 Å². The minimum Gasteiger partial charge on any atom is -0.478 e. The molecule has 0 saturated heterocycles. The summed E-state index contributed by atoms with van der Waals surface area (Å²) in [6.45, 7) is 3.81. The van der Waals surface area contributed by atoms with Crippen molar-refractivity contribution < 1.29 is 9.90 Å². The number of benzene rings is 2. The van der Waals surface area contributed by atoms with Crippen molar-refractivity contribution in [2.45, 2.75) is 13.8 Å². The molecule has 2 aromatic carbocycles. The number of allylic oxidation sites excluding steroid dienone is 5. The predicted molar refractivity (Wildman–Crippen MR) is 88.1 cm³/mol. The number of aliphatic carboxylic acids is 1. The van der Waals surface area contributed by atoms with Gasteiger partial charge >= 0.3 is 5.97 Å². The second kappa shape index (κ2) is 6.71. The molecule has 0 saturated carbocycles. The van der Waals surface area contributed by atoms with E-state index in [0.717, 1.165) is 5.57 Å².